The number of hydrogen-bond acceptors (Lipinski definition) is 3. The van der Waals surface area contributed by atoms with Crippen LogP contribution < -0.4 is 0 Å². The molecule has 0 bridgehead atoms. The van der Waals surface area contributed by atoms with Crippen molar-refractivity contribution in [1.82, 2.24) is 4.31 Å². The normalized spacial score (nSPS) is 21.9. The fraction of sp³-hybridized carbons (Fsp3) is 0.500. The van der Waals surface area contributed by atoms with E-state index >= 15 is 0 Å². The van der Waals surface area contributed by atoms with Crippen molar-refractivity contribution in [3.05, 3.63) is 35.4 Å². The summed E-state index contributed by atoms with van der Waals surface area (Å²) in [5.41, 5.74) is 1.86. The molecule has 1 aromatic rings. The van der Waals surface area contributed by atoms with Crippen LogP contribution in [0.4, 0.5) is 0 Å². The van der Waals surface area contributed by atoms with Crippen molar-refractivity contribution in [2.24, 2.45) is 0 Å². The molecule has 17 heavy (non-hydrogen) atoms. The molecule has 2 rings (SSSR count). The standard InChI is InChI=1S/C12H17NO3S/c1-10-5-3-4-6-12(10)9-17(14,15)13-7-8-16-11(13)2/h3-6,11H,7-9H2,1-2H3. The van der Waals surface area contributed by atoms with Gasteiger partial charge in [-0.15, -0.1) is 0 Å². The van der Waals surface area contributed by atoms with Gasteiger partial charge in [-0.25, -0.2) is 8.42 Å². The van der Waals surface area contributed by atoms with Crippen molar-refractivity contribution < 1.29 is 13.2 Å². The zero-order valence-corrected chi connectivity index (χ0v) is 10.9. The van der Waals surface area contributed by atoms with Gasteiger partial charge in [0.25, 0.3) is 0 Å². The first-order chi connectivity index (χ1) is 8.00. The summed E-state index contributed by atoms with van der Waals surface area (Å²) >= 11 is 0. The fourth-order valence-electron chi connectivity index (χ4n) is 1.99. The molecule has 1 aliphatic rings. The molecule has 0 radical (unpaired) electrons. The number of sulfonamides is 1. The Morgan fingerprint density at radius 1 is 1.41 bits per heavy atom. The number of benzene rings is 1. The number of nitrogens with zero attached hydrogens (tertiary/aromatic N) is 1. The Kier molecular flexibility index (Phi) is 3.51. The molecule has 4 nitrogen and oxygen atoms in total. The molecule has 1 saturated heterocycles. The van der Waals surface area contributed by atoms with Crippen molar-refractivity contribution in [3.63, 3.8) is 0 Å². The molecule has 0 N–H and O–H groups in total. The van der Waals surface area contributed by atoms with Crippen LogP contribution in [0.5, 0.6) is 0 Å². The van der Waals surface area contributed by atoms with Gasteiger partial charge in [0.1, 0.15) is 6.23 Å². The molecule has 0 aromatic heterocycles. The number of ether oxygens (including phenoxy) is 1. The third-order valence-corrected chi connectivity index (χ3v) is 4.90. The van der Waals surface area contributed by atoms with Crippen LogP contribution in [-0.4, -0.2) is 32.1 Å². The van der Waals surface area contributed by atoms with Crippen LogP contribution in [0.1, 0.15) is 18.1 Å². The quantitative estimate of drug-likeness (QED) is 0.822. The zero-order valence-electron chi connectivity index (χ0n) is 10.1. The van der Waals surface area contributed by atoms with E-state index < -0.39 is 10.0 Å². The Morgan fingerprint density at radius 3 is 2.71 bits per heavy atom. The largest absolute Gasteiger partial charge is 0.361 e. The van der Waals surface area contributed by atoms with Gasteiger partial charge in [0.05, 0.1) is 12.4 Å². The van der Waals surface area contributed by atoms with Crippen LogP contribution in [0.25, 0.3) is 0 Å². The van der Waals surface area contributed by atoms with Crippen LogP contribution in [0.15, 0.2) is 24.3 Å². The predicted molar refractivity (Wildman–Crippen MR) is 65.9 cm³/mol. The molecular weight excluding hydrogens is 238 g/mol. The van der Waals surface area contributed by atoms with Gasteiger partial charge in [0.15, 0.2) is 0 Å². The van der Waals surface area contributed by atoms with E-state index in [2.05, 4.69) is 0 Å². The zero-order chi connectivity index (χ0) is 12.5. The highest BCUT2D eigenvalue weighted by Crippen LogP contribution is 2.19. The highest BCUT2D eigenvalue weighted by Gasteiger charge is 2.32. The maximum atomic E-state index is 12.2. The summed E-state index contributed by atoms with van der Waals surface area (Å²) in [6.45, 7) is 4.63. The first-order valence-electron chi connectivity index (χ1n) is 5.66. The minimum absolute atomic E-state index is 0.0490. The van der Waals surface area contributed by atoms with Crippen LogP contribution >= 0.6 is 0 Å². The van der Waals surface area contributed by atoms with Gasteiger partial charge in [-0.2, -0.15) is 4.31 Å². The van der Waals surface area contributed by atoms with Gasteiger partial charge in [0.2, 0.25) is 10.0 Å². The van der Waals surface area contributed by atoms with E-state index in [1.807, 2.05) is 31.2 Å². The fourth-order valence-corrected chi connectivity index (χ4v) is 3.74. The first-order valence-corrected chi connectivity index (χ1v) is 7.27. The molecule has 1 atom stereocenters. The predicted octanol–water partition coefficient (Wildman–Crippen LogP) is 1.50. The average Bonchev–Trinajstić information content (AvgIpc) is 2.68. The van der Waals surface area contributed by atoms with E-state index in [1.165, 1.54) is 4.31 Å². The molecular formula is C12H17NO3S. The van der Waals surface area contributed by atoms with E-state index in [9.17, 15) is 8.42 Å². The summed E-state index contributed by atoms with van der Waals surface area (Å²) in [6.07, 6.45) is -0.344. The van der Waals surface area contributed by atoms with Crippen molar-refractivity contribution in [2.45, 2.75) is 25.8 Å². The Bertz CT molecular complexity index is 498. The molecule has 1 heterocycles. The van der Waals surface area contributed by atoms with Crippen molar-refractivity contribution >= 4 is 10.0 Å². The summed E-state index contributed by atoms with van der Waals surface area (Å²) in [4.78, 5) is 0. The van der Waals surface area contributed by atoms with Crippen LogP contribution in [0, 0.1) is 6.92 Å². The summed E-state index contributed by atoms with van der Waals surface area (Å²) in [7, 11) is -3.28. The average molecular weight is 255 g/mol. The molecule has 1 aromatic carbocycles. The first kappa shape index (κ1) is 12.5. The summed E-state index contributed by atoms with van der Waals surface area (Å²) in [6, 6.07) is 7.55. The molecule has 1 fully saturated rings. The summed E-state index contributed by atoms with van der Waals surface area (Å²) in [5.74, 6) is 0.0490. The van der Waals surface area contributed by atoms with Crippen LogP contribution in [-0.2, 0) is 20.5 Å². The second kappa shape index (κ2) is 4.76. The topological polar surface area (TPSA) is 46.6 Å². The van der Waals surface area contributed by atoms with Crippen LogP contribution in [0.3, 0.4) is 0 Å². The Balaban J connectivity index is 2.21. The lowest BCUT2D eigenvalue weighted by molar-refractivity contribution is 0.0846. The van der Waals surface area contributed by atoms with Gasteiger partial charge in [-0.1, -0.05) is 24.3 Å². The molecule has 0 amide bonds. The number of rotatable bonds is 3. The lowest BCUT2D eigenvalue weighted by Gasteiger charge is -2.19. The molecule has 1 unspecified atom stereocenters. The smallest absolute Gasteiger partial charge is 0.220 e. The van der Waals surface area contributed by atoms with Gasteiger partial charge < -0.3 is 4.74 Å². The number of hydrogen-bond donors (Lipinski definition) is 0. The third-order valence-electron chi connectivity index (χ3n) is 3.03. The monoisotopic (exact) mass is 255 g/mol. The molecule has 5 heteroatoms. The Labute approximate surface area is 102 Å². The van der Waals surface area contributed by atoms with Gasteiger partial charge >= 0.3 is 0 Å². The molecule has 0 aliphatic carbocycles. The maximum Gasteiger partial charge on any atom is 0.220 e. The SMILES string of the molecule is Cc1ccccc1CS(=O)(=O)N1CCOC1C. The lowest BCUT2D eigenvalue weighted by Crippen LogP contribution is -2.35. The molecule has 0 saturated carbocycles. The second-order valence-electron chi connectivity index (χ2n) is 4.26. The Hall–Kier alpha value is -0.910. The summed E-state index contributed by atoms with van der Waals surface area (Å²) < 4.78 is 31.1. The van der Waals surface area contributed by atoms with Gasteiger partial charge in [0, 0.05) is 6.54 Å². The van der Waals surface area contributed by atoms with E-state index in [-0.39, 0.29) is 12.0 Å². The highest BCUT2D eigenvalue weighted by atomic mass is 32.2. The molecule has 94 valence electrons. The minimum Gasteiger partial charge on any atom is -0.361 e. The minimum atomic E-state index is -3.28. The third kappa shape index (κ3) is 2.68. The van der Waals surface area contributed by atoms with E-state index in [1.54, 1.807) is 6.92 Å². The van der Waals surface area contributed by atoms with Crippen LogP contribution in [0.2, 0.25) is 0 Å². The van der Waals surface area contributed by atoms with Gasteiger partial charge in [-0.3, -0.25) is 0 Å². The van der Waals surface area contributed by atoms with E-state index in [0.29, 0.717) is 13.2 Å². The van der Waals surface area contributed by atoms with Gasteiger partial charge in [-0.05, 0) is 25.0 Å². The Morgan fingerprint density at radius 2 is 2.12 bits per heavy atom. The van der Waals surface area contributed by atoms with Crippen molar-refractivity contribution in [3.8, 4) is 0 Å². The van der Waals surface area contributed by atoms with Crippen molar-refractivity contribution in [1.29, 1.82) is 0 Å². The maximum absolute atomic E-state index is 12.2. The second-order valence-corrected chi connectivity index (χ2v) is 6.19. The number of aryl methyl sites for hydroxylation is 1. The van der Waals surface area contributed by atoms with Crippen molar-refractivity contribution in [2.75, 3.05) is 13.2 Å². The summed E-state index contributed by atoms with van der Waals surface area (Å²) in [5, 5.41) is 0. The molecule has 1 aliphatic heterocycles. The lowest BCUT2D eigenvalue weighted by atomic mass is 10.1. The highest BCUT2D eigenvalue weighted by molar-refractivity contribution is 7.88. The molecule has 0 spiro atoms. The van der Waals surface area contributed by atoms with E-state index in [0.717, 1.165) is 11.1 Å². The van der Waals surface area contributed by atoms with E-state index in [4.69, 9.17) is 4.74 Å².